The Morgan fingerprint density at radius 3 is 1.48 bits per heavy atom. The minimum absolute atomic E-state index is 0. The molecule has 14 heterocycles. The zero-order valence-electron chi connectivity index (χ0n) is 71.7. The summed E-state index contributed by atoms with van der Waals surface area (Å²) in [6, 6.07) is 35.8. The fraction of sp³-hybridized carbons (Fsp3) is 0.448. The van der Waals surface area contributed by atoms with E-state index in [-0.39, 0.29) is 74.3 Å². The van der Waals surface area contributed by atoms with Gasteiger partial charge in [-0.1, -0.05) is 97.3 Å². The number of ether oxygens (including phenoxy) is 4. The molecule has 6 fully saturated rings. The van der Waals surface area contributed by atoms with Gasteiger partial charge in [0.2, 0.25) is 12.2 Å². The fourth-order valence-electron chi connectivity index (χ4n) is 11.1. The number of thiophene rings is 8. The summed E-state index contributed by atoms with van der Waals surface area (Å²) in [5.74, 6) is 5.95. The van der Waals surface area contributed by atoms with Crippen LogP contribution in [0.1, 0.15) is 138 Å². The Bertz CT molecular complexity index is 4650. The van der Waals surface area contributed by atoms with E-state index in [2.05, 4.69) is 106 Å². The number of carbonyl (C=O) groups is 7. The van der Waals surface area contributed by atoms with Crippen LogP contribution in [0, 0.1) is 25.1 Å². The van der Waals surface area contributed by atoms with E-state index in [1.54, 1.807) is 95.5 Å². The summed E-state index contributed by atoms with van der Waals surface area (Å²) in [5, 5.41) is 29.4. The maximum Gasteiger partial charge on any atom is 0.446 e. The van der Waals surface area contributed by atoms with Crippen molar-refractivity contribution in [2.75, 3.05) is 126 Å². The topological polar surface area (TPSA) is 265 Å². The zero-order valence-corrected chi connectivity index (χ0v) is 85.5. The Labute approximate surface area is 815 Å². The van der Waals surface area contributed by atoms with Crippen molar-refractivity contribution < 1.29 is 82.7 Å². The predicted octanol–water partition coefficient (Wildman–Crippen LogP) is 22.0. The Hall–Kier alpha value is -5.95. The van der Waals surface area contributed by atoms with E-state index in [1.807, 2.05) is 182 Å². The van der Waals surface area contributed by atoms with E-state index < -0.39 is 61.9 Å². The van der Waals surface area contributed by atoms with Crippen LogP contribution in [-0.2, 0) is 76.9 Å². The number of esters is 2. The summed E-state index contributed by atoms with van der Waals surface area (Å²) in [4.78, 5) is 92.3. The number of benzene rings is 1. The third kappa shape index (κ3) is 43.4. The van der Waals surface area contributed by atoms with Crippen molar-refractivity contribution in [1.82, 2.24) is 30.7 Å². The number of nitrogens with one attached hydrogen (secondary N) is 4. The van der Waals surface area contributed by atoms with E-state index in [4.69, 9.17) is 32.3 Å². The van der Waals surface area contributed by atoms with Crippen molar-refractivity contribution in [3.8, 4) is 5.92 Å². The number of urea groups is 1. The van der Waals surface area contributed by atoms with Gasteiger partial charge in [-0.25, -0.2) is 18.8 Å². The number of anilines is 1. The molecule has 0 spiro atoms. The van der Waals surface area contributed by atoms with Crippen LogP contribution in [0.25, 0.3) is 0 Å². The lowest BCUT2D eigenvalue weighted by molar-refractivity contribution is -0.156. The number of nitrogens with zero attached hydrogens (tertiary/aromatic N) is 3. The van der Waals surface area contributed by atoms with Gasteiger partial charge < -0.3 is 74.2 Å². The van der Waals surface area contributed by atoms with Gasteiger partial charge in [-0.05, 0) is 151 Å². The first-order valence-electron chi connectivity index (χ1n) is 39.5. The highest BCUT2D eigenvalue weighted by Gasteiger charge is 2.36. The molecule has 1 aromatic carbocycles. The van der Waals surface area contributed by atoms with Gasteiger partial charge in [0.15, 0.2) is 0 Å². The van der Waals surface area contributed by atoms with E-state index in [9.17, 15) is 59.0 Å². The molecule has 9 aromatic rings. The molecule has 21 nitrogen and oxygen atoms in total. The molecule has 41 heteroatoms. The summed E-state index contributed by atoms with van der Waals surface area (Å²) < 4.78 is 100. The second kappa shape index (κ2) is 61.8. The molecular weight excluding hydrogens is 2010 g/mol. The SMILES string of the molecule is C.CC.CC(C)(C)OC(=O)N1CCS(=O)C(c2cccs2)C1.CC(C)(C)OC(=O)N1CCSC(c2cccs2)C1.COC(=O)C(Br)c1cccs1.COC(=O)Cc1cccs1.O=C(Nc1ccc(F)c(Cl)c1)N1CCS(=O)C(c2cccs2)C1.O=C1NCCSC1c1cccs1.O=CC(F)(F)F.O=S1CCNCC1c1cccs1.[C-]#C[CH2-].c1csc(C2CNCCS2)c1. The number of halogens is 6. The lowest BCUT2D eigenvalue weighted by Crippen LogP contribution is -2.45. The van der Waals surface area contributed by atoms with Crippen LogP contribution in [-0.4, -0.2) is 208 Å². The lowest BCUT2D eigenvalue weighted by Gasteiger charge is -2.33. The molecule has 15 rings (SSSR count). The smallest absolute Gasteiger partial charge is 0.446 e. The Morgan fingerprint density at radius 2 is 1.04 bits per heavy atom. The van der Waals surface area contributed by atoms with Gasteiger partial charge in [-0.3, -0.25) is 31.8 Å². The van der Waals surface area contributed by atoms with Crippen molar-refractivity contribution in [2.45, 2.75) is 123 Å². The van der Waals surface area contributed by atoms with Gasteiger partial charge in [0.05, 0.1) is 51.9 Å². The molecule has 0 aliphatic carbocycles. The highest BCUT2D eigenvalue weighted by molar-refractivity contribution is 9.09. The average Bonchev–Trinajstić information content (AvgIpc) is 0.993. The maximum atomic E-state index is 13.2. The minimum Gasteiger partial charge on any atom is -0.729 e. The molecule has 0 radical (unpaired) electrons. The molecule has 6 aliphatic heterocycles. The molecule has 706 valence electrons. The van der Waals surface area contributed by atoms with Gasteiger partial charge in [-0.15, -0.1) is 114 Å². The third-order valence-electron chi connectivity index (χ3n) is 16.9. The molecule has 128 heavy (non-hydrogen) atoms. The Kier molecular flexibility index (Phi) is 55.2. The minimum atomic E-state index is -4.64. The molecule has 10 atom stereocenters. The number of rotatable bonds is 11. The maximum absolute atomic E-state index is 13.2. The quantitative estimate of drug-likeness (QED) is 0.0178. The summed E-state index contributed by atoms with van der Waals surface area (Å²) in [5.41, 5.74) is -0.479. The number of alkyl halides is 4. The first-order chi connectivity index (χ1) is 60.6. The number of thioether (sulfide) groups is 3. The normalized spacial score (nSPS) is 20.0. The van der Waals surface area contributed by atoms with E-state index in [1.165, 1.54) is 70.7 Å². The average molecular weight is 2120 g/mol. The van der Waals surface area contributed by atoms with E-state index in [0.717, 1.165) is 80.9 Å². The largest absolute Gasteiger partial charge is 0.729 e. The second-order valence-corrected chi connectivity index (χ2v) is 46.7. The van der Waals surface area contributed by atoms with E-state index >= 15 is 0 Å². The number of hydrogen-bond acceptors (Lipinski definition) is 27. The molecule has 5 amide bonds. The number of amides is 5. The van der Waals surface area contributed by atoms with Crippen molar-refractivity contribution >= 4 is 234 Å². The van der Waals surface area contributed by atoms with Crippen LogP contribution in [0.5, 0.6) is 0 Å². The van der Waals surface area contributed by atoms with Gasteiger partial charge in [0, 0.05) is 184 Å². The number of aldehydes is 1. The zero-order chi connectivity index (χ0) is 93.5. The highest BCUT2D eigenvalue weighted by atomic mass is 79.9. The van der Waals surface area contributed by atoms with Crippen molar-refractivity contribution in [3.63, 3.8) is 0 Å². The molecule has 6 saturated heterocycles. The molecule has 4 N–H and O–H groups in total. The molecule has 10 unspecified atom stereocenters. The molecule has 0 bridgehead atoms. The lowest BCUT2D eigenvalue weighted by atomic mass is 10.2. The first kappa shape index (κ1) is 114. The van der Waals surface area contributed by atoms with Gasteiger partial charge in [-0.2, -0.15) is 24.9 Å². The fourth-order valence-corrected chi connectivity index (χ4v) is 27.2. The molecule has 6 aliphatic rings. The van der Waals surface area contributed by atoms with Crippen LogP contribution in [0.3, 0.4) is 0 Å². The van der Waals surface area contributed by atoms with Crippen LogP contribution >= 0.6 is 154 Å². The van der Waals surface area contributed by atoms with Gasteiger partial charge in [0.25, 0.3) is 0 Å². The van der Waals surface area contributed by atoms with E-state index in [0.29, 0.717) is 60.3 Å². The summed E-state index contributed by atoms with van der Waals surface area (Å²) in [7, 11) is 0.232. The Morgan fingerprint density at radius 1 is 0.594 bits per heavy atom. The van der Waals surface area contributed by atoms with Crippen molar-refractivity contribution in [2.24, 2.45) is 0 Å². The predicted molar refractivity (Wildman–Crippen MR) is 536 cm³/mol. The van der Waals surface area contributed by atoms with Crippen molar-refractivity contribution in [1.29, 1.82) is 0 Å². The number of carbonyl (C=O) groups excluding carboxylic acids is 7. The van der Waals surface area contributed by atoms with Crippen LogP contribution < -0.4 is 21.3 Å². The summed E-state index contributed by atoms with van der Waals surface area (Å²) in [6.45, 7) is 26.4. The monoisotopic (exact) mass is 2120 g/mol. The number of hydrogen-bond donors (Lipinski definition) is 4. The summed E-state index contributed by atoms with van der Waals surface area (Å²) in [6.07, 6.45) is 0.0383. The Balaban J connectivity index is 0.000000305. The van der Waals surface area contributed by atoms with Crippen LogP contribution in [0.15, 0.2) is 158 Å². The number of methoxy groups -OCH3 is 2. The van der Waals surface area contributed by atoms with Gasteiger partial charge >= 0.3 is 36.3 Å². The van der Waals surface area contributed by atoms with Crippen molar-refractivity contribution in [3.05, 3.63) is 222 Å². The second-order valence-electron chi connectivity index (χ2n) is 28.4. The standard InChI is InChI=1S/C15H14ClFN2O2S2.C13H19NO3S2.C13H19NO2S2.C8H11NOS2.C8H9NOS2.C8H11NS2.C7H7BrO2S.C7H8O2S.C3H2.C2HF3O.C2H6.CH4/c16-11-8-10(3-4-12(11)17)18-15(20)19-5-7-23(21)14(9-19)13-2-1-6-22-13;1-13(2,3)17-12(15)14-6-8-19(16)11(9-14)10-5-4-7-18-10;1-13(2,3)16-12(15)14-6-8-18-11(9-14)10-5-4-7-17-10;10-12-5-3-9-6-8(12)7-2-1-4-11-7;10-8-7(12-5-3-9-8)6-2-1-4-11-6;1-2-7(10-4-1)8-6-9-3-5-11-8;1-10-7(9)6(8)5-3-2-4-11-5;1-9-7(8)5-6-3-2-4-10-6;1-3-2;3-2(4,5)1-6;1-2;/h1-4,6,8,14H,5,7,9H2,(H,18,20);4-5,7,11H,6,8-9H2,1-3H3;4-5,7,11H,6,8-9H2,1-3H3;1-2,4,8-9H,3,5-6H2;1-2,4,7H,3,5H2,(H,9,10);1-2,4,8-9H,3,5-6H2;2-4,6H,1H3;2-4H,5H2,1H3;1H2;1H;1-2H3;1H4/q;;;;;;;;-2;;;. The highest BCUT2D eigenvalue weighted by Crippen LogP contribution is 2.39. The van der Waals surface area contributed by atoms with Crippen LogP contribution in [0.2, 0.25) is 5.02 Å². The summed E-state index contributed by atoms with van der Waals surface area (Å²) >= 11 is 27.9. The first-order valence-corrected chi connectivity index (χ1v) is 55.2. The molecule has 8 aromatic heterocycles. The molecular formula is C87H111BrClF4N7O14S14-2. The van der Waals surface area contributed by atoms with Crippen LogP contribution in [0.4, 0.5) is 37.6 Å². The molecule has 0 saturated carbocycles. The van der Waals surface area contributed by atoms with Gasteiger partial charge in [0.1, 0.15) is 27.1 Å². The third-order valence-corrected chi connectivity index (χ3v) is 35.6.